The molecule has 1 aromatic heterocycles. The number of amides is 3. The van der Waals surface area contributed by atoms with Crippen LogP contribution in [0.25, 0.3) is 10.9 Å². The number of hydrogen-bond acceptors (Lipinski definition) is 7. The van der Waals surface area contributed by atoms with Gasteiger partial charge in [0, 0.05) is 43.2 Å². The molecule has 0 saturated heterocycles. The number of nitriles is 1. The van der Waals surface area contributed by atoms with Gasteiger partial charge in [-0.15, -0.1) is 0 Å². The van der Waals surface area contributed by atoms with Crippen LogP contribution in [0.5, 0.6) is 5.75 Å². The van der Waals surface area contributed by atoms with E-state index in [4.69, 9.17) is 4.74 Å². The molecule has 0 unspecified atom stereocenters. The Morgan fingerprint density at radius 3 is 2.57 bits per heavy atom. The van der Waals surface area contributed by atoms with Crippen molar-refractivity contribution in [3.63, 3.8) is 0 Å². The maximum absolute atomic E-state index is 12.7. The van der Waals surface area contributed by atoms with Crippen molar-refractivity contribution < 1.29 is 19.1 Å². The number of hydrogen-bond donors (Lipinski definition) is 1. The van der Waals surface area contributed by atoms with Crippen LogP contribution in [0.1, 0.15) is 31.4 Å². The number of imide groups is 1. The van der Waals surface area contributed by atoms with Crippen LogP contribution in [0.4, 0.5) is 17.1 Å². The molecule has 1 aliphatic heterocycles. The Labute approximate surface area is 214 Å². The first-order valence-electron chi connectivity index (χ1n) is 12.0. The lowest BCUT2D eigenvalue weighted by Gasteiger charge is -2.23. The van der Waals surface area contributed by atoms with E-state index in [2.05, 4.69) is 16.4 Å². The van der Waals surface area contributed by atoms with Gasteiger partial charge in [0.2, 0.25) is 5.91 Å². The lowest BCUT2D eigenvalue weighted by Crippen LogP contribution is -2.30. The predicted molar refractivity (Wildman–Crippen MR) is 140 cm³/mol. The Bertz CT molecular complexity index is 1410. The van der Waals surface area contributed by atoms with E-state index in [1.54, 1.807) is 19.2 Å². The SMILES string of the molecule is COc1ccc(N(C)c2cc(C#N)nc3ccccc23)cc1NC(=O)CCCCCN1C(=O)C=CC1=O. The average molecular weight is 498 g/mol. The molecule has 4 rings (SSSR count). The van der Waals surface area contributed by atoms with Crippen molar-refractivity contribution in [2.75, 3.05) is 30.9 Å². The van der Waals surface area contributed by atoms with Gasteiger partial charge in [0.05, 0.1) is 24.0 Å². The van der Waals surface area contributed by atoms with E-state index in [1.165, 1.54) is 17.1 Å². The zero-order valence-electron chi connectivity index (χ0n) is 20.7. The summed E-state index contributed by atoms with van der Waals surface area (Å²) in [5.74, 6) is -0.206. The Morgan fingerprint density at radius 1 is 1.08 bits per heavy atom. The van der Waals surface area contributed by atoms with Crippen molar-refractivity contribution in [2.24, 2.45) is 0 Å². The molecule has 3 aromatic rings. The fraction of sp³-hybridized carbons (Fsp3) is 0.250. The van der Waals surface area contributed by atoms with Crippen LogP contribution in [0, 0.1) is 11.3 Å². The lowest BCUT2D eigenvalue weighted by atomic mass is 10.1. The van der Waals surface area contributed by atoms with Gasteiger partial charge in [-0.1, -0.05) is 24.6 Å². The summed E-state index contributed by atoms with van der Waals surface area (Å²) in [6.07, 6.45) is 4.81. The van der Waals surface area contributed by atoms with Gasteiger partial charge in [0.1, 0.15) is 17.5 Å². The molecule has 2 aromatic carbocycles. The number of anilines is 3. The number of methoxy groups -OCH3 is 1. The molecule has 3 amide bonds. The van der Waals surface area contributed by atoms with E-state index >= 15 is 0 Å². The normalized spacial score (nSPS) is 12.6. The molecule has 0 atom stereocenters. The smallest absolute Gasteiger partial charge is 0.253 e. The van der Waals surface area contributed by atoms with E-state index in [-0.39, 0.29) is 17.7 Å². The number of nitrogens with one attached hydrogen (secondary N) is 1. The number of pyridine rings is 1. The quantitative estimate of drug-likeness (QED) is 0.328. The standard InChI is InChI=1S/C28H27N5O4/c1-32(24-16-19(18-29)30-22-9-6-5-8-21(22)24)20-11-12-25(37-2)23(17-20)31-26(34)10-4-3-7-15-33-27(35)13-14-28(33)36/h5-6,8-9,11-14,16-17H,3-4,7,10,15H2,1-2H3,(H,31,34). The van der Waals surface area contributed by atoms with E-state index in [0.717, 1.165) is 22.3 Å². The van der Waals surface area contributed by atoms with Gasteiger partial charge in [-0.3, -0.25) is 19.3 Å². The predicted octanol–water partition coefficient (Wildman–Crippen LogP) is 4.31. The highest BCUT2D eigenvalue weighted by Gasteiger charge is 2.22. The number of unbranched alkanes of at least 4 members (excludes halogenated alkanes) is 2. The molecule has 1 N–H and O–H groups in total. The van der Waals surface area contributed by atoms with Crippen LogP contribution in [-0.4, -0.2) is 48.3 Å². The van der Waals surface area contributed by atoms with Gasteiger partial charge >= 0.3 is 0 Å². The second-order valence-electron chi connectivity index (χ2n) is 8.62. The van der Waals surface area contributed by atoms with Crippen LogP contribution in [0.3, 0.4) is 0 Å². The van der Waals surface area contributed by atoms with Crippen LogP contribution in [-0.2, 0) is 14.4 Å². The van der Waals surface area contributed by atoms with E-state index in [9.17, 15) is 19.6 Å². The van der Waals surface area contributed by atoms with E-state index < -0.39 is 0 Å². The minimum atomic E-state index is -0.289. The third-order valence-electron chi connectivity index (χ3n) is 6.20. The zero-order valence-corrected chi connectivity index (χ0v) is 20.7. The molecule has 188 valence electrons. The molecule has 0 saturated carbocycles. The fourth-order valence-electron chi connectivity index (χ4n) is 4.23. The zero-order chi connectivity index (χ0) is 26.4. The maximum atomic E-state index is 12.7. The number of benzene rings is 2. The van der Waals surface area contributed by atoms with Crippen LogP contribution in [0.2, 0.25) is 0 Å². The maximum Gasteiger partial charge on any atom is 0.253 e. The molecule has 0 fully saturated rings. The third kappa shape index (κ3) is 5.76. The topological polar surface area (TPSA) is 116 Å². The summed E-state index contributed by atoms with van der Waals surface area (Å²) in [6.45, 7) is 0.353. The van der Waals surface area contributed by atoms with Crippen molar-refractivity contribution in [1.82, 2.24) is 9.88 Å². The van der Waals surface area contributed by atoms with Gasteiger partial charge in [-0.05, 0) is 43.2 Å². The van der Waals surface area contributed by atoms with Crippen LogP contribution >= 0.6 is 0 Å². The molecule has 0 radical (unpaired) electrons. The van der Waals surface area contributed by atoms with Gasteiger partial charge in [0.15, 0.2) is 0 Å². The highest BCUT2D eigenvalue weighted by Crippen LogP contribution is 2.35. The molecule has 9 heteroatoms. The first-order valence-corrected chi connectivity index (χ1v) is 12.0. The molecule has 37 heavy (non-hydrogen) atoms. The first kappa shape index (κ1) is 25.4. The molecular weight excluding hydrogens is 470 g/mol. The number of para-hydroxylation sites is 1. The molecule has 0 bridgehead atoms. The largest absolute Gasteiger partial charge is 0.495 e. The van der Waals surface area contributed by atoms with E-state index in [1.807, 2.05) is 48.3 Å². The molecule has 1 aliphatic rings. The van der Waals surface area contributed by atoms with Crippen LogP contribution in [0.15, 0.2) is 60.7 Å². The monoisotopic (exact) mass is 497 g/mol. The van der Waals surface area contributed by atoms with Crippen molar-refractivity contribution in [1.29, 1.82) is 5.26 Å². The average Bonchev–Trinajstić information content (AvgIpc) is 3.24. The summed E-state index contributed by atoms with van der Waals surface area (Å²) in [4.78, 5) is 43.4. The number of fused-ring (bicyclic) bond motifs is 1. The summed E-state index contributed by atoms with van der Waals surface area (Å²) < 4.78 is 5.45. The van der Waals surface area contributed by atoms with Gasteiger partial charge in [-0.25, -0.2) is 4.98 Å². The van der Waals surface area contributed by atoms with E-state index in [0.29, 0.717) is 49.4 Å². The number of carbonyl (C=O) groups excluding carboxylic acids is 3. The Morgan fingerprint density at radius 2 is 1.84 bits per heavy atom. The number of nitrogens with zero attached hydrogens (tertiary/aromatic N) is 4. The summed E-state index contributed by atoms with van der Waals surface area (Å²) in [6, 6.07) is 17.0. The number of rotatable bonds is 10. The second-order valence-corrected chi connectivity index (χ2v) is 8.62. The number of carbonyl (C=O) groups is 3. The summed E-state index contributed by atoms with van der Waals surface area (Å²) in [7, 11) is 3.43. The van der Waals surface area contributed by atoms with Gasteiger partial charge in [0.25, 0.3) is 11.8 Å². The van der Waals surface area contributed by atoms with Gasteiger partial charge in [-0.2, -0.15) is 5.26 Å². The van der Waals surface area contributed by atoms with Crippen molar-refractivity contribution in [3.8, 4) is 11.8 Å². The summed E-state index contributed by atoms with van der Waals surface area (Å²) >= 11 is 0. The summed E-state index contributed by atoms with van der Waals surface area (Å²) in [5, 5.41) is 13.3. The Balaban J connectivity index is 1.42. The van der Waals surface area contributed by atoms with Crippen molar-refractivity contribution >= 4 is 45.7 Å². The minimum Gasteiger partial charge on any atom is -0.495 e. The molecule has 0 spiro atoms. The molecule has 2 heterocycles. The minimum absolute atomic E-state index is 0.158. The highest BCUT2D eigenvalue weighted by molar-refractivity contribution is 6.12. The summed E-state index contributed by atoms with van der Waals surface area (Å²) in [5.41, 5.74) is 3.19. The van der Waals surface area contributed by atoms with Gasteiger partial charge < -0.3 is 15.0 Å². The van der Waals surface area contributed by atoms with Crippen molar-refractivity contribution in [2.45, 2.75) is 25.7 Å². The molecular formula is C28H27N5O4. The third-order valence-corrected chi connectivity index (χ3v) is 6.20. The highest BCUT2D eigenvalue weighted by atomic mass is 16.5. The Kier molecular flexibility index (Phi) is 7.79. The second kappa shape index (κ2) is 11.4. The molecule has 0 aliphatic carbocycles. The van der Waals surface area contributed by atoms with Crippen LogP contribution < -0.4 is 15.0 Å². The van der Waals surface area contributed by atoms with Crippen molar-refractivity contribution in [3.05, 3.63) is 66.4 Å². The number of ether oxygens (including phenoxy) is 1. The lowest BCUT2D eigenvalue weighted by molar-refractivity contribution is -0.136. The first-order chi connectivity index (χ1) is 17.9. The Hall–Kier alpha value is -4.71. The molecule has 9 nitrogen and oxygen atoms in total. The fourth-order valence-corrected chi connectivity index (χ4v) is 4.23. The number of aromatic nitrogens is 1.